The number of ether oxygens (including phenoxy) is 15. The number of methoxy groups -OCH3 is 2. The van der Waals surface area contributed by atoms with E-state index in [4.69, 9.17) is 71.1 Å². The molecule has 420 valence electrons. The zero-order valence-corrected chi connectivity index (χ0v) is 43.3. The van der Waals surface area contributed by atoms with Gasteiger partial charge in [-0.3, -0.25) is 9.59 Å². The normalized spacial score (nSPS) is 36.6. The molecule has 0 aromatic rings. The zero-order valence-electron chi connectivity index (χ0n) is 43.3. The molecule has 0 aromatic heterocycles. The van der Waals surface area contributed by atoms with Crippen molar-refractivity contribution >= 4 is 23.9 Å². The molecular formula is C47H79N3O23. The minimum Gasteiger partial charge on any atom is -0.467 e. The van der Waals surface area contributed by atoms with Crippen LogP contribution in [0.25, 0.3) is 10.4 Å². The van der Waals surface area contributed by atoms with E-state index in [1.807, 2.05) is 27.7 Å². The first-order valence-electron chi connectivity index (χ1n) is 25.2. The Morgan fingerprint density at radius 1 is 0.534 bits per heavy atom. The minimum atomic E-state index is -1.79. The lowest BCUT2D eigenvalue weighted by atomic mass is 9.91. The molecule has 4 aliphatic rings. The molecule has 4 rings (SSSR count). The molecule has 0 spiro atoms. The molecular weight excluding hydrogens is 975 g/mol. The minimum absolute atomic E-state index is 0.0134. The lowest BCUT2D eigenvalue weighted by molar-refractivity contribution is -0.376. The summed E-state index contributed by atoms with van der Waals surface area (Å²) in [5.41, 5.74) is 10.1. The lowest BCUT2D eigenvalue weighted by Crippen LogP contribution is -2.68. The van der Waals surface area contributed by atoms with Gasteiger partial charge in [0.1, 0.15) is 80.3 Å². The summed E-state index contributed by atoms with van der Waals surface area (Å²) in [5, 5.41) is 50.1. The van der Waals surface area contributed by atoms with E-state index in [2.05, 4.69) is 10.0 Å². The second-order valence-corrected chi connectivity index (χ2v) is 18.2. The number of esters is 4. The van der Waals surface area contributed by atoms with Gasteiger partial charge in [0.05, 0.1) is 26.4 Å². The first-order valence-corrected chi connectivity index (χ1v) is 25.2. The molecule has 26 nitrogen and oxygen atoms in total. The van der Waals surface area contributed by atoms with Crippen LogP contribution in [0.4, 0.5) is 0 Å². The highest BCUT2D eigenvalue weighted by Crippen LogP contribution is 2.39. The molecule has 0 aliphatic carbocycles. The van der Waals surface area contributed by atoms with Crippen molar-refractivity contribution in [1.82, 2.24) is 0 Å². The van der Waals surface area contributed by atoms with Gasteiger partial charge in [-0.05, 0) is 31.2 Å². The molecule has 4 N–H and O–H groups in total. The van der Waals surface area contributed by atoms with Crippen LogP contribution >= 0.6 is 0 Å². The molecule has 20 atom stereocenters. The predicted octanol–water partition coefficient (Wildman–Crippen LogP) is 1.65. The Morgan fingerprint density at radius 3 is 1.45 bits per heavy atom. The quantitative estimate of drug-likeness (QED) is 0.0207. The largest absolute Gasteiger partial charge is 0.467 e. The molecule has 0 bridgehead atoms. The van der Waals surface area contributed by atoms with E-state index in [1.54, 1.807) is 6.92 Å². The maximum absolute atomic E-state index is 14.0. The molecule has 8 unspecified atom stereocenters. The van der Waals surface area contributed by atoms with E-state index >= 15 is 0 Å². The molecule has 0 radical (unpaired) electrons. The molecule has 4 fully saturated rings. The Labute approximate surface area is 425 Å². The number of hydrogen-bond donors (Lipinski definition) is 4. The van der Waals surface area contributed by atoms with Gasteiger partial charge in [-0.1, -0.05) is 65.4 Å². The van der Waals surface area contributed by atoms with Crippen LogP contribution in [0.2, 0.25) is 0 Å². The van der Waals surface area contributed by atoms with Crippen LogP contribution in [0, 0.1) is 5.92 Å². The summed E-state index contributed by atoms with van der Waals surface area (Å²) in [6.45, 7) is 11.0. The fraction of sp³-hybridized carbons (Fsp3) is 0.915. The Hall–Kier alpha value is -3.41. The van der Waals surface area contributed by atoms with E-state index < -0.39 is 160 Å². The molecule has 0 saturated carbocycles. The highest BCUT2D eigenvalue weighted by Gasteiger charge is 2.58. The SMILES string of the molecule is CCCCOC1[C@@H](O[C@@H]2OC(C(=O)OC)[C@@H](O[C@@H]3OC(COC(C)=O)[C@H](O[C@@H]4OC(C(=O)OC)[C@@H](O)C(OCCCC)[C@@H]4O)C(OCCCC)[C@@H]3N=[N+]=[N-])C(OCCCC)[C@@H]2O)C(COC(C)=O)O[C@@H](O)[C@H]1C. The standard InChI is InChI=1S/C47H79N3O23/c1-10-14-18-61-33-24(5)42(56)67-27(22-65-25(6)51)34(33)69-47-32(55)38(64-21-17-13-4)40(41(73-47)44(58)60-9)72-45-29(49-50-48)36(62-19-15-11-2)35(28(68-45)23-66-26(7)52)70-46-31(54)37(63-20-16-12-3)30(53)39(71-46)43(57)59-8/h24,27-42,45-47,53-56H,10-23H2,1-9H3/t24-,27?,28?,29-,30-,31-,32-,33?,34-,35-,36?,37?,38?,39?,40-,41?,42+,45-,46+,47+/m0/s1. The van der Waals surface area contributed by atoms with Crippen LogP contribution in [-0.4, -0.2) is 215 Å². The summed E-state index contributed by atoms with van der Waals surface area (Å²) in [7, 11) is 2.16. The van der Waals surface area contributed by atoms with Gasteiger partial charge < -0.3 is 91.5 Å². The number of hydrogen-bond acceptors (Lipinski definition) is 24. The average Bonchev–Trinajstić information content (AvgIpc) is 3.36. The number of carbonyl (C=O) groups excluding carboxylic acids is 4. The zero-order chi connectivity index (χ0) is 53.8. The summed E-state index contributed by atoms with van der Waals surface area (Å²) in [6.07, 6.45) is -22.7. The van der Waals surface area contributed by atoms with E-state index in [9.17, 15) is 45.1 Å². The van der Waals surface area contributed by atoms with Crippen LogP contribution in [-0.2, 0) is 90.2 Å². The summed E-state index contributed by atoms with van der Waals surface area (Å²) in [4.78, 5) is 54.3. The maximum atomic E-state index is 14.0. The van der Waals surface area contributed by atoms with Crippen LogP contribution in [0.3, 0.4) is 0 Å². The summed E-state index contributed by atoms with van der Waals surface area (Å²) >= 11 is 0. The number of unbranched alkanes of at least 4 members (excludes halogenated alkanes) is 4. The van der Waals surface area contributed by atoms with E-state index in [1.165, 1.54) is 6.92 Å². The maximum Gasteiger partial charge on any atom is 0.337 e. The van der Waals surface area contributed by atoms with Crippen LogP contribution in [0.1, 0.15) is 99.8 Å². The third kappa shape index (κ3) is 17.0. The summed E-state index contributed by atoms with van der Waals surface area (Å²) in [6, 6.07) is -1.56. The highest BCUT2D eigenvalue weighted by atomic mass is 16.8. The second-order valence-electron chi connectivity index (χ2n) is 18.2. The van der Waals surface area contributed by atoms with Gasteiger partial charge in [-0.15, -0.1) is 0 Å². The monoisotopic (exact) mass is 1050 g/mol. The van der Waals surface area contributed by atoms with Crippen molar-refractivity contribution in [3.8, 4) is 0 Å². The van der Waals surface area contributed by atoms with Crippen LogP contribution in [0.5, 0.6) is 0 Å². The van der Waals surface area contributed by atoms with Crippen molar-refractivity contribution < 1.29 is 111 Å². The van der Waals surface area contributed by atoms with Gasteiger partial charge >= 0.3 is 23.9 Å². The average molecular weight is 1050 g/mol. The number of nitrogens with zero attached hydrogens (tertiary/aromatic N) is 3. The van der Waals surface area contributed by atoms with Gasteiger partial charge in [0.25, 0.3) is 0 Å². The van der Waals surface area contributed by atoms with Gasteiger partial charge in [0.15, 0.2) is 37.4 Å². The fourth-order valence-corrected chi connectivity index (χ4v) is 8.63. The molecule has 4 heterocycles. The van der Waals surface area contributed by atoms with Gasteiger partial charge in [0, 0.05) is 51.1 Å². The number of carbonyl (C=O) groups is 4. The topological polar surface area (TPSA) is 336 Å². The van der Waals surface area contributed by atoms with Gasteiger partial charge in [-0.2, -0.15) is 0 Å². The van der Waals surface area contributed by atoms with Gasteiger partial charge in [-0.25, -0.2) is 9.59 Å². The van der Waals surface area contributed by atoms with Crippen LogP contribution in [0.15, 0.2) is 5.11 Å². The second kappa shape index (κ2) is 31.6. The number of aliphatic hydroxyl groups excluding tert-OH is 4. The van der Waals surface area contributed by atoms with E-state index in [-0.39, 0.29) is 26.4 Å². The first-order chi connectivity index (χ1) is 35.0. The molecule has 4 aliphatic heterocycles. The number of aliphatic hydroxyl groups is 4. The van der Waals surface area contributed by atoms with Crippen molar-refractivity contribution in [3.05, 3.63) is 10.4 Å². The van der Waals surface area contributed by atoms with E-state index in [0.29, 0.717) is 44.9 Å². The van der Waals surface area contributed by atoms with Crippen LogP contribution < -0.4 is 0 Å². The van der Waals surface area contributed by atoms with E-state index in [0.717, 1.165) is 27.6 Å². The first kappa shape index (κ1) is 62.1. The Kier molecular flexibility index (Phi) is 26.9. The number of rotatable bonds is 29. The van der Waals surface area contributed by atoms with Crippen molar-refractivity contribution in [2.45, 2.75) is 216 Å². The van der Waals surface area contributed by atoms with Crippen molar-refractivity contribution in [3.63, 3.8) is 0 Å². The van der Waals surface area contributed by atoms with Crippen molar-refractivity contribution in [1.29, 1.82) is 0 Å². The third-order valence-corrected chi connectivity index (χ3v) is 12.7. The molecule has 26 heteroatoms. The highest BCUT2D eigenvalue weighted by molar-refractivity contribution is 5.76. The predicted molar refractivity (Wildman–Crippen MR) is 247 cm³/mol. The third-order valence-electron chi connectivity index (χ3n) is 12.7. The lowest BCUT2D eigenvalue weighted by Gasteiger charge is -2.50. The Morgan fingerprint density at radius 2 is 0.959 bits per heavy atom. The van der Waals surface area contributed by atoms with Crippen molar-refractivity contribution in [2.75, 3.05) is 53.9 Å². The molecule has 4 saturated heterocycles. The van der Waals surface area contributed by atoms with Crippen molar-refractivity contribution in [2.24, 2.45) is 11.0 Å². The Balaban J connectivity index is 1.80. The Bertz CT molecular complexity index is 1730. The summed E-state index contributed by atoms with van der Waals surface area (Å²) < 4.78 is 89.5. The fourth-order valence-electron chi connectivity index (χ4n) is 8.63. The molecule has 0 amide bonds. The smallest absolute Gasteiger partial charge is 0.337 e. The summed E-state index contributed by atoms with van der Waals surface area (Å²) in [5.74, 6) is -4.15. The molecule has 0 aromatic carbocycles. The van der Waals surface area contributed by atoms with Gasteiger partial charge in [0.2, 0.25) is 0 Å². The molecule has 73 heavy (non-hydrogen) atoms. The number of azide groups is 1.